The lowest BCUT2D eigenvalue weighted by Crippen LogP contribution is -2.42. The van der Waals surface area contributed by atoms with Crippen molar-refractivity contribution in [3.63, 3.8) is 0 Å². The van der Waals surface area contributed by atoms with Crippen LogP contribution in [0.4, 0.5) is 17.1 Å². The summed E-state index contributed by atoms with van der Waals surface area (Å²) in [5.41, 5.74) is 6.39. The highest BCUT2D eigenvalue weighted by molar-refractivity contribution is 6.60. The molecule has 1 unspecified atom stereocenters. The Morgan fingerprint density at radius 1 is 0.780 bits per heavy atom. The van der Waals surface area contributed by atoms with Gasteiger partial charge in [0.25, 0.3) is 0 Å². The number of esters is 1. The Morgan fingerprint density at radius 2 is 1.22 bits per heavy atom. The Bertz CT molecular complexity index is 1170. The van der Waals surface area contributed by atoms with Crippen LogP contribution < -0.4 is 4.90 Å². The molecule has 0 saturated carbocycles. The van der Waals surface area contributed by atoms with Crippen LogP contribution in [0.5, 0.6) is 0 Å². The number of carbonyl (C=O) groups excluding carboxylic acids is 1. The van der Waals surface area contributed by atoms with E-state index in [4.69, 9.17) is 18.0 Å². The molecule has 222 valence electrons. The summed E-state index contributed by atoms with van der Waals surface area (Å²) >= 11 is 0. The van der Waals surface area contributed by atoms with Crippen LogP contribution in [0, 0.1) is 19.3 Å². The maximum Gasteiger partial charge on any atom is 0.500 e. The summed E-state index contributed by atoms with van der Waals surface area (Å²) in [6.07, 6.45) is 2.26. The molecule has 3 aromatic rings. The van der Waals surface area contributed by atoms with E-state index >= 15 is 0 Å². The number of aryl methyl sites for hydroxylation is 2. The maximum atomic E-state index is 13.1. The minimum atomic E-state index is -2.67. The van der Waals surface area contributed by atoms with Crippen molar-refractivity contribution in [2.75, 3.05) is 32.8 Å². The molecule has 3 rings (SSSR count). The van der Waals surface area contributed by atoms with Crippen molar-refractivity contribution in [3.8, 4) is 0 Å². The van der Waals surface area contributed by atoms with Gasteiger partial charge in [0, 0.05) is 44.4 Å². The van der Waals surface area contributed by atoms with Gasteiger partial charge in [-0.1, -0.05) is 54.4 Å². The Balaban J connectivity index is 1.71. The largest absolute Gasteiger partial charge is 0.500 e. The molecule has 0 fully saturated rings. The first-order valence-electron chi connectivity index (χ1n) is 14.4. The van der Waals surface area contributed by atoms with Crippen LogP contribution in [0.1, 0.15) is 62.6 Å². The minimum absolute atomic E-state index is 0.183. The Hall–Kier alpha value is -2.97. The van der Waals surface area contributed by atoms with E-state index in [0.29, 0.717) is 25.5 Å². The van der Waals surface area contributed by atoms with E-state index < -0.39 is 14.2 Å². The lowest BCUT2D eigenvalue weighted by atomic mass is 9.79. The third-order valence-electron chi connectivity index (χ3n) is 7.80. The quantitative estimate of drug-likeness (QED) is 0.103. The molecule has 0 aliphatic rings. The summed E-state index contributed by atoms with van der Waals surface area (Å²) in [4.78, 5) is 15.4. The van der Waals surface area contributed by atoms with Crippen LogP contribution in [0.3, 0.4) is 0 Å². The number of anilines is 3. The average Bonchev–Trinajstić information content (AvgIpc) is 2.98. The molecule has 0 aromatic heterocycles. The van der Waals surface area contributed by atoms with Gasteiger partial charge in [-0.3, -0.25) is 4.79 Å². The highest BCUT2D eigenvalue weighted by Gasteiger charge is 2.37. The van der Waals surface area contributed by atoms with Crippen molar-refractivity contribution in [3.05, 3.63) is 89.5 Å². The fourth-order valence-corrected chi connectivity index (χ4v) is 6.82. The number of carbonyl (C=O) groups is 1. The number of hydrogen-bond acceptors (Lipinski definition) is 6. The first-order chi connectivity index (χ1) is 19.6. The predicted molar refractivity (Wildman–Crippen MR) is 169 cm³/mol. The molecule has 0 saturated heterocycles. The highest BCUT2D eigenvalue weighted by Crippen LogP contribution is 2.38. The third-order valence-corrected chi connectivity index (χ3v) is 10.6. The SMILES string of the molecule is CCC(CC(C)(C)C(=O)OCCC[Si](OC)(OC)OC)c1ccc(N(c2ccc(C)cc2)c2ccc(C)cc2)cc1. The van der Waals surface area contributed by atoms with Crippen LogP contribution in [0.15, 0.2) is 72.8 Å². The topological polar surface area (TPSA) is 57.2 Å². The number of hydrogen-bond donors (Lipinski definition) is 0. The third kappa shape index (κ3) is 8.52. The molecule has 0 spiro atoms. The van der Waals surface area contributed by atoms with Gasteiger partial charge < -0.3 is 22.9 Å². The van der Waals surface area contributed by atoms with E-state index in [0.717, 1.165) is 23.5 Å². The van der Waals surface area contributed by atoms with E-state index in [1.165, 1.54) is 16.7 Å². The van der Waals surface area contributed by atoms with Crippen LogP contribution in [-0.4, -0.2) is 42.7 Å². The first kappa shape index (κ1) is 32.5. The number of rotatable bonds is 15. The average molecular weight is 578 g/mol. The lowest BCUT2D eigenvalue weighted by Gasteiger charge is -2.29. The number of ether oxygens (including phenoxy) is 1. The molecule has 6 nitrogen and oxygen atoms in total. The molecule has 0 bridgehead atoms. The zero-order chi connectivity index (χ0) is 30.0. The van der Waals surface area contributed by atoms with Crippen LogP contribution in [0.2, 0.25) is 6.04 Å². The smallest absolute Gasteiger partial charge is 0.465 e. The van der Waals surface area contributed by atoms with Gasteiger partial charge in [0.05, 0.1) is 12.0 Å². The zero-order valence-corrected chi connectivity index (χ0v) is 27.0. The van der Waals surface area contributed by atoms with E-state index in [2.05, 4.69) is 98.5 Å². The second-order valence-electron chi connectivity index (χ2n) is 11.3. The second-order valence-corrected chi connectivity index (χ2v) is 14.4. The van der Waals surface area contributed by atoms with Gasteiger partial charge in [-0.2, -0.15) is 0 Å². The molecule has 0 aliphatic heterocycles. The summed E-state index contributed by atoms with van der Waals surface area (Å²) in [5.74, 6) is 0.0475. The van der Waals surface area contributed by atoms with Crippen LogP contribution in [-0.2, 0) is 22.8 Å². The molecule has 3 aromatic carbocycles. The Kier molecular flexibility index (Phi) is 11.7. The fourth-order valence-electron chi connectivity index (χ4n) is 5.13. The number of nitrogens with zero attached hydrogens (tertiary/aromatic N) is 1. The van der Waals surface area contributed by atoms with Crippen LogP contribution in [0.25, 0.3) is 0 Å². The molecule has 0 aliphatic carbocycles. The number of benzene rings is 3. The van der Waals surface area contributed by atoms with E-state index in [1.54, 1.807) is 21.3 Å². The Labute approximate surface area is 248 Å². The normalized spacial score (nSPS) is 12.7. The molecule has 7 heteroatoms. The van der Waals surface area contributed by atoms with E-state index in [9.17, 15) is 4.79 Å². The van der Waals surface area contributed by atoms with E-state index in [-0.39, 0.29) is 11.9 Å². The summed E-state index contributed by atoms with van der Waals surface area (Å²) in [5, 5.41) is 0. The molecule has 0 radical (unpaired) electrons. The van der Waals surface area contributed by atoms with Gasteiger partial charge >= 0.3 is 14.8 Å². The second kappa shape index (κ2) is 14.8. The first-order valence-corrected chi connectivity index (χ1v) is 16.4. The summed E-state index contributed by atoms with van der Waals surface area (Å²) in [7, 11) is 2.11. The fraction of sp³-hybridized carbons (Fsp3) is 0.441. The van der Waals surface area contributed by atoms with Crippen molar-refractivity contribution in [1.82, 2.24) is 0 Å². The monoisotopic (exact) mass is 577 g/mol. The minimum Gasteiger partial charge on any atom is -0.465 e. The summed E-state index contributed by atoms with van der Waals surface area (Å²) < 4.78 is 22.1. The van der Waals surface area contributed by atoms with Crippen molar-refractivity contribution in [1.29, 1.82) is 0 Å². The Morgan fingerprint density at radius 3 is 1.63 bits per heavy atom. The molecule has 0 heterocycles. The molecule has 1 atom stereocenters. The van der Waals surface area contributed by atoms with Crippen molar-refractivity contribution in [2.24, 2.45) is 5.41 Å². The molecule has 0 N–H and O–H groups in total. The molecule has 41 heavy (non-hydrogen) atoms. The standard InChI is InChI=1S/C34H47NO5Si/c1-9-28(25-34(4,5)33(36)40-23-10-24-41(37-6,38-7)39-8)29-15-21-32(22-16-29)35(30-17-11-26(2)12-18-30)31-19-13-27(3)14-20-31/h11-22,28H,9-10,23-25H2,1-8H3. The van der Waals surface area contributed by atoms with Crippen LogP contribution >= 0.6 is 0 Å². The zero-order valence-electron chi connectivity index (χ0n) is 26.0. The summed E-state index contributed by atoms with van der Waals surface area (Å²) in [6, 6.07) is 26.6. The maximum absolute atomic E-state index is 13.1. The van der Waals surface area contributed by atoms with Gasteiger partial charge in [0.2, 0.25) is 0 Å². The molecular weight excluding hydrogens is 530 g/mol. The van der Waals surface area contributed by atoms with E-state index in [1.807, 2.05) is 13.8 Å². The van der Waals surface area contributed by atoms with Crippen molar-refractivity contribution in [2.45, 2.75) is 65.8 Å². The molecular formula is C34H47NO5Si. The lowest BCUT2D eigenvalue weighted by molar-refractivity contribution is -0.154. The summed E-state index contributed by atoms with van der Waals surface area (Å²) in [6.45, 7) is 10.6. The van der Waals surface area contributed by atoms with Gasteiger partial charge in [-0.25, -0.2) is 0 Å². The molecule has 0 amide bonds. The van der Waals surface area contributed by atoms with Gasteiger partial charge in [0.1, 0.15) is 0 Å². The van der Waals surface area contributed by atoms with Crippen molar-refractivity contribution < 1.29 is 22.8 Å². The van der Waals surface area contributed by atoms with Gasteiger partial charge in [0.15, 0.2) is 0 Å². The van der Waals surface area contributed by atoms with Gasteiger partial charge in [-0.15, -0.1) is 0 Å². The highest BCUT2D eigenvalue weighted by atomic mass is 28.4. The van der Waals surface area contributed by atoms with Gasteiger partial charge in [-0.05, 0) is 94.8 Å². The van der Waals surface area contributed by atoms with Crippen molar-refractivity contribution >= 4 is 31.8 Å². The predicted octanol–water partition coefficient (Wildman–Crippen LogP) is 8.49.